The summed E-state index contributed by atoms with van der Waals surface area (Å²) in [7, 11) is 0. The van der Waals surface area contributed by atoms with Crippen LogP contribution in [0, 0.1) is 5.13 Å². The van der Waals surface area contributed by atoms with E-state index < -0.39 is 5.92 Å². The second-order valence-electron chi connectivity index (χ2n) is 9.34. The van der Waals surface area contributed by atoms with Gasteiger partial charge >= 0.3 is 0 Å². The molecule has 12 heteroatoms. The molecule has 0 atom stereocenters. The van der Waals surface area contributed by atoms with E-state index in [1.54, 1.807) is 35.8 Å². The number of hydrogen-bond acceptors (Lipinski definition) is 7. The number of aromatic amines is 2. The lowest BCUT2D eigenvalue weighted by Crippen LogP contribution is -2.24. The number of imidazole rings is 1. The summed E-state index contributed by atoms with van der Waals surface area (Å²) in [6.07, 6.45) is 6.68. The molecule has 7 rings (SSSR count). The number of rotatable bonds is 5. The van der Waals surface area contributed by atoms with E-state index in [2.05, 4.69) is 30.1 Å². The molecule has 6 aromatic heterocycles. The fourth-order valence-corrected chi connectivity index (χ4v) is 5.61. The van der Waals surface area contributed by atoms with Crippen LogP contribution in [-0.4, -0.2) is 59.0 Å². The number of aromatic nitrogens is 7. The number of nitrogens with zero attached hydrogens (tertiary/aromatic N) is 6. The molecule has 38 heavy (non-hydrogen) atoms. The molecule has 190 valence electrons. The molecule has 0 aliphatic carbocycles. The second kappa shape index (κ2) is 8.71. The molecule has 1 aliphatic rings. The van der Waals surface area contributed by atoms with Gasteiger partial charge in [-0.05, 0) is 35.9 Å². The topological polar surface area (TPSA) is 99.3 Å². The summed E-state index contributed by atoms with van der Waals surface area (Å²) in [4.78, 5) is 23.7. The molecule has 8 nitrogen and oxygen atoms in total. The van der Waals surface area contributed by atoms with E-state index in [4.69, 9.17) is 4.98 Å². The van der Waals surface area contributed by atoms with E-state index in [1.165, 1.54) is 6.07 Å². The van der Waals surface area contributed by atoms with Gasteiger partial charge in [0, 0.05) is 65.9 Å². The Hall–Kier alpha value is -4.16. The molecule has 0 radical (unpaired) electrons. The van der Waals surface area contributed by atoms with Crippen LogP contribution in [0.15, 0.2) is 55.1 Å². The lowest BCUT2D eigenvalue weighted by molar-refractivity contribution is 0.0115. The number of pyridine rings is 3. The predicted octanol–water partition coefficient (Wildman–Crippen LogP) is 5.67. The maximum absolute atomic E-state index is 13.7. The first kappa shape index (κ1) is 23.0. The maximum Gasteiger partial charge on any atom is 0.261 e. The van der Waals surface area contributed by atoms with Gasteiger partial charge in [0.2, 0.25) is 0 Å². The highest BCUT2D eigenvalue weighted by molar-refractivity contribution is 7.14. The average Bonchev–Trinajstić information content (AvgIpc) is 3.69. The lowest BCUT2D eigenvalue weighted by atomic mass is 10.1. The van der Waals surface area contributed by atoms with E-state index >= 15 is 0 Å². The first-order valence-corrected chi connectivity index (χ1v) is 12.7. The number of fused-ring (bicyclic) bond motifs is 2. The van der Waals surface area contributed by atoms with Crippen LogP contribution in [0.2, 0.25) is 0 Å². The minimum atomic E-state index is -2.63. The molecule has 6 aromatic rings. The highest BCUT2D eigenvalue weighted by atomic mass is 32.1. The van der Waals surface area contributed by atoms with Crippen molar-refractivity contribution in [2.24, 2.45) is 0 Å². The number of halogens is 3. The van der Waals surface area contributed by atoms with Crippen molar-refractivity contribution in [3.63, 3.8) is 0 Å². The summed E-state index contributed by atoms with van der Waals surface area (Å²) < 4.78 is 40.9. The smallest absolute Gasteiger partial charge is 0.261 e. The third-order valence-electron chi connectivity index (χ3n) is 6.65. The van der Waals surface area contributed by atoms with E-state index in [-0.39, 0.29) is 18.1 Å². The van der Waals surface area contributed by atoms with Crippen LogP contribution < -0.4 is 0 Å². The van der Waals surface area contributed by atoms with E-state index in [0.29, 0.717) is 41.4 Å². The fourth-order valence-electron chi connectivity index (χ4n) is 4.85. The van der Waals surface area contributed by atoms with Crippen LogP contribution in [-0.2, 0) is 6.54 Å². The Morgan fingerprint density at radius 2 is 1.92 bits per heavy atom. The monoisotopic (exact) mass is 532 g/mol. The largest absolute Gasteiger partial charge is 0.321 e. The first-order chi connectivity index (χ1) is 18.4. The van der Waals surface area contributed by atoms with Gasteiger partial charge in [-0.2, -0.15) is 9.49 Å². The van der Waals surface area contributed by atoms with Gasteiger partial charge in [0.25, 0.3) is 5.92 Å². The van der Waals surface area contributed by atoms with Gasteiger partial charge in [-0.15, -0.1) is 11.3 Å². The van der Waals surface area contributed by atoms with Gasteiger partial charge in [0.05, 0.1) is 11.9 Å². The number of thiophene rings is 1. The molecule has 7 heterocycles. The third-order valence-corrected chi connectivity index (χ3v) is 7.55. The molecular weight excluding hydrogens is 513 g/mol. The minimum absolute atomic E-state index is 0.118. The lowest BCUT2D eigenvalue weighted by Gasteiger charge is -2.15. The first-order valence-electron chi connectivity index (χ1n) is 11.9. The zero-order valence-electron chi connectivity index (χ0n) is 19.8. The number of alkyl halides is 2. The van der Waals surface area contributed by atoms with E-state index in [1.807, 2.05) is 18.2 Å². The van der Waals surface area contributed by atoms with Crippen LogP contribution in [0.4, 0.5) is 13.2 Å². The molecule has 0 spiro atoms. The molecule has 0 bridgehead atoms. The molecule has 2 N–H and O–H groups in total. The molecule has 0 aromatic carbocycles. The summed E-state index contributed by atoms with van der Waals surface area (Å²) in [5, 5.41) is 7.86. The third kappa shape index (κ3) is 4.11. The molecule has 1 aliphatic heterocycles. The number of nitrogens with one attached hydrogen (secondary N) is 2. The van der Waals surface area contributed by atoms with Crippen molar-refractivity contribution in [1.29, 1.82) is 0 Å². The minimum Gasteiger partial charge on any atom is -0.321 e. The van der Waals surface area contributed by atoms with Crippen molar-refractivity contribution < 1.29 is 13.2 Å². The Bertz CT molecular complexity index is 1810. The van der Waals surface area contributed by atoms with Crippen molar-refractivity contribution in [3.8, 4) is 33.1 Å². The average molecular weight is 533 g/mol. The highest BCUT2D eigenvalue weighted by Crippen LogP contribution is 2.34. The van der Waals surface area contributed by atoms with Crippen LogP contribution in [0.1, 0.15) is 12.0 Å². The number of H-pyrrole nitrogens is 2. The summed E-state index contributed by atoms with van der Waals surface area (Å²) in [5.74, 6) is -2.13. The van der Waals surface area contributed by atoms with Gasteiger partial charge in [-0.3, -0.25) is 15.0 Å². The fraction of sp³-hybridized carbons (Fsp3) is 0.192. The van der Waals surface area contributed by atoms with Crippen molar-refractivity contribution in [2.75, 3.05) is 13.1 Å². The molecule has 0 amide bonds. The van der Waals surface area contributed by atoms with Crippen LogP contribution in [0.25, 0.3) is 55.3 Å². The van der Waals surface area contributed by atoms with Crippen molar-refractivity contribution >= 4 is 33.5 Å². The number of likely N-dealkylation sites (tertiary alicyclic amines) is 1. The van der Waals surface area contributed by atoms with Gasteiger partial charge in [0.1, 0.15) is 11.2 Å². The van der Waals surface area contributed by atoms with E-state index in [0.717, 1.165) is 43.9 Å². The normalized spacial score (nSPS) is 15.7. The predicted molar refractivity (Wildman–Crippen MR) is 138 cm³/mol. The molecular formula is C26H19F3N8S. The van der Waals surface area contributed by atoms with Gasteiger partial charge in [-0.25, -0.2) is 23.7 Å². The van der Waals surface area contributed by atoms with Crippen LogP contribution in [0.3, 0.4) is 0 Å². The quantitative estimate of drug-likeness (QED) is 0.297. The Labute approximate surface area is 217 Å². The summed E-state index contributed by atoms with van der Waals surface area (Å²) >= 11 is 1.05. The van der Waals surface area contributed by atoms with Gasteiger partial charge < -0.3 is 4.98 Å². The van der Waals surface area contributed by atoms with Gasteiger partial charge in [-0.1, -0.05) is 0 Å². The summed E-state index contributed by atoms with van der Waals surface area (Å²) in [6, 6.07) is 8.86. The van der Waals surface area contributed by atoms with Crippen molar-refractivity contribution in [2.45, 2.75) is 18.9 Å². The molecule has 0 unspecified atom stereocenters. The Kier molecular flexibility index (Phi) is 5.27. The highest BCUT2D eigenvalue weighted by Gasteiger charge is 2.37. The number of hydrogen-bond donors (Lipinski definition) is 2. The Morgan fingerprint density at radius 1 is 1.03 bits per heavy atom. The molecule has 1 saturated heterocycles. The van der Waals surface area contributed by atoms with Crippen molar-refractivity contribution in [1.82, 2.24) is 40.0 Å². The van der Waals surface area contributed by atoms with Crippen LogP contribution in [0.5, 0.6) is 0 Å². The summed E-state index contributed by atoms with van der Waals surface area (Å²) in [6.45, 7) is 0.531. The molecule has 0 saturated carbocycles. The summed E-state index contributed by atoms with van der Waals surface area (Å²) in [5.41, 5.74) is 5.61. The Morgan fingerprint density at radius 3 is 2.74 bits per heavy atom. The second-order valence-corrected chi connectivity index (χ2v) is 10.4. The van der Waals surface area contributed by atoms with Crippen LogP contribution >= 0.6 is 11.3 Å². The zero-order chi connectivity index (χ0) is 25.9. The Balaban J connectivity index is 1.24. The van der Waals surface area contributed by atoms with Crippen molar-refractivity contribution in [3.05, 3.63) is 65.8 Å². The zero-order valence-corrected chi connectivity index (χ0v) is 20.6. The SMILES string of the molecule is Fc1ccc(-c2ccnc3[nH]c(-c4n[nH]c5ncc(-c6cncc(CN7CCC(F)(F)C7)c6)cc45)nc23)s1. The van der Waals surface area contributed by atoms with E-state index in [9.17, 15) is 13.2 Å². The van der Waals surface area contributed by atoms with Gasteiger partial charge in [0.15, 0.2) is 22.2 Å². The molecule has 1 fully saturated rings. The maximum atomic E-state index is 13.7. The standard InChI is InChI=1S/C26H19F3N8S/c27-20-2-1-19(38-20)17-3-5-31-24-21(17)33-25(34-24)22-18-8-16(11-32-23(18)36-35-22)15-7-14(9-30-10-15)12-37-6-4-26(28,29)13-37/h1-3,5,7-11H,4,6,12-13H2,(H,31,33,34)(H,32,35,36).